The van der Waals surface area contributed by atoms with Crippen LogP contribution in [-0.2, 0) is 9.53 Å². The van der Waals surface area contributed by atoms with Gasteiger partial charge < -0.3 is 14.8 Å². The number of rotatable bonds is 5. The third-order valence-corrected chi connectivity index (χ3v) is 2.02. The highest BCUT2D eigenvalue weighted by atomic mass is 16.5. The van der Waals surface area contributed by atoms with Gasteiger partial charge in [0.05, 0.1) is 12.9 Å². The Labute approximate surface area is 109 Å². The monoisotopic (exact) mass is 266 g/mol. The van der Waals surface area contributed by atoms with E-state index >= 15 is 0 Å². The van der Waals surface area contributed by atoms with Crippen molar-refractivity contribution in [3.8, 4) is 0 Å². The molecule has 1 aromatic rings. The van der Waals surface area contributed by atoms with E-state index in [1.807, 2.05) is 0 Å². The summed E-state index contributed by atoms with van der Waals surface area (Å²) in [6.07, 6.45) is 1.25. The summed E-state index contributed by atoms with van der Waals surface area (Å²) in [5.41, 5.74) is -0.165. The molecule has 0 fully saturated rings. The van der Waals surface area contributed by atoms with E-state index in [1.165, 1.54) is 20.2 Å². The highest BCUT2D eigenvalue weighted by Gasteiger charge is 2.16. The van der Waals surface area contributed by atoms with Gasteiger partial charge in [-0.1, -0.05) is 0 Å². The first-order chi connectivity index (χ1) is 8.97. The van der Waals surface area contributed by atoms with E-state index in [4.69, 9.17) is 4.74 Å². The molecule has 0 aliphatic carbocycles. The normalized spacial score (nSPS) is 12.4. The van der Waals surface area contributed by atoms with Crippen molar-refractivity contribution in [3.63, 3.8) is 0 Å². The van der Waals surface area contributed by atoms with Crippen LogP contribution >= 0.6 is 0 Å². The first kappa shape index (κ1) is 14.6. The second kappa shape index (κ2) is 6.43. The second-order valence-electron chi connectivity index (χ2n) is 3.51. The minimum Gasteiger partial charge on any atom is -0.510 e. The maximum atomic E-state index is 11.5. The molecule has 0 spiro atoms. The zero-order valence-electron chi connectivity index (χ0n) is 10.8. The Balaban J connectivity index is 3.01. The van der Waals surface area contributed by atoms with Crippen LogP contribution in [0.1, 0.15) is 31.3 Å². The number of hydrogen-bond donors (Lipinski definition) is 2. The van der Waals surface area contributed by atoms with Crippen LogP contribution in [-0.4, -0.2) is 33.4 Å². The lowest BCUT2D eigenvalue weighted by molar-refractivity contribution is -0.113. The number of aromatic nitrogens is 2. The van der Waals surface area contributed by atoms with Gasteiger partial charge in [0.15, 0.2) is 17.2 Å². The molecule has 0 bridgehead atoms. The molecule has 102 valence electrons. The number of nitrogens with zero attached hydrogens (tertiary/aromatic N) is 3. The number of esters is 1. The third kappa shape index (κ3) is 3.73. The number of aliphatic hydroxyl groups excluding tert-OH is 1. The van der Waals surface area contributed by atoms with Gasteiger partial charge in [-0.3, -0.25) is 4.79 Å². The van der Waals surface area contributed by atoms with Crippen molar-refractivity contribution < 1.29 is 19.4 Å². The maximum Gasteiger partial charge on any atom is 0.358 e. The molecular weight excluding hydrogens is 252 g/mol. The van der Waals surface area contributed by atoms with E-state index in [2.05, 4.69) is 20.2 Å². The largest absolute Gasteiger partial charge is 0.510 e. The molecule has 2 N–H and O–H groups in total. The molecule has 1 aromatic heterocycles. The highest BCUT2D eigenvalue weighted by Crippen LogP contribution is 2.17. The minimum atomic E-state index is -0.622. The van der Waals surface area contributed by atoms with E-state index in [1.54, 1.807) is 6.92 Å². The van der Waals surface area contributed by atoms with E-state index < -0.39 is 11.8 Å². The maximum absolute atomic E-state index is 11.5. The van der Waals surface area contributed by atoms with Gasteiger partial charge in [-0.15, -0.1) is 10.2 Å². The SMILES string of the molecule is CCOC(=O)c1[nH]cnc1N=NC(C(C)=O)=C(C)O. The zero-order chi connectivity index (χ0) is 14.4. The molecule has 8 heteroatoms. The van der Waals surface area contributed by atoms with Crippen molar-refractivity contribution in [3.05, 3.63) is 23.5 Å². The number of azo groups is 1. The average molecular weight is 266 g/mol. The first-order valence-corrected chi connectivity index (χ1v) is 5.50. The Hall–Kier alpha value is -2.51. The van der Waals surface area contributed by atoms with Crippen molar-refractivity contribution in [2.24, 2.45) is 10.2 Å². The topological polar surface area (TPSA) is 117 Å². The number of allylic oxidation sites excluding steroid dienone is 2. The van der Waals surface area contributed by atoms with E-state index in [0.717, 1.165) is 0 Å². The Morgan fingerprint density at radius 3 is 2.68 bits per heavy atom. The van der Waals surface area contributed by atoms with Gasteiger partial charge in [-0.25, -0.2) is 9.78 Å². The zero-order valence-corrected chi connectivity index (χ0v) is 10.8. The van der Waals surface area contributed by atoms with Crippen LogP contribution < -0.4 is 0 Å². The predicted molar refractivity (Wildman–Crippen MR) is 65.1 cm³/mol. The van der Waals surface area contributed by atoms with Crippen molar-refractivity contribution in [1.82, 2.24) is 9.97 Å². The molecule has 0 amide bonds. The van der Waals surface area contributed by atoms with Crippen molar-refractivity contribution in [2.45, 2.75) is 20.8 Å². The van der Waals surface area contributed by atoms with E-state index in [-0.39, 0.29) is 29.6 Å². The molecule has 1 rings (SSSR count). The smallest absolute Gasteiger partial charge is 0.358 e. The third-order valence-electron chi connectivity index (χ3n) is 2.02. The molecule has 0 aliphatic rings. The number of ether oxygens (including phenoxy) is 1. The number of imidazole rings is 1. The molecule has 0 aromatic carbocycles. The Kier molecular flexibility index (Phi) is 4.92. The lowest BCUT2D eigenvalue weighted by atomic mass is 10.3. The fraction of sp³-hybridized carbons (Fsp3) is 0.364. The summed E-state index contributed by atoms with van der Waals surface area (Å²) < 4.78 is 4.79. The number of aromatic amines is 1. The molecule has 19 heavy (non-hydrogen) atoms. The molecule has 0 aliphatic heterocycles. The van der Waals surface area contributed by atoms with Crippen LogP contribution in [0, 0.1) is 0 Å². The molecule has 0 unspecified atom stereocenters. The lowest BCUT2D eigenvalue weighted by Gasteiger charge is -1.99. The Morgan fingerprint density at radius 2 is 2.16 bits per heavy atom. The summed E-state index contributed by atoms with van der Waals surface area (Å²) in [5, 5.41) is 16.5. The van der Waals surface area contributed by atoms with Crippen molar-refractivity contribution in [1.29, 1.82) is 0 Å². The summed E-state index contributed by atoms with van der Waals surface area (Å²) in [6.45, 7) is 4.43. The number of hydrogen-bond acceptors (Lipinski definition) is 7. The van der Waals surface area contributed by atoms with Crippen LogP contribution in [0.15, 0.2) is 28.0 Å². The number of nitrogens with one attached hydrogen (secondary N) is 1. The van der Waals surface area contributed by atoms with Crippen molar-refractivity contribution >= 4 is 17.6 Å². The minimum absolute atomic E-state index is 0.0153. The van der Waals surface area contributed by atoms with Gasteiger partial charge in [0.2, 0.25) is 5.82 Å². The highest BCUT2D eigenvalue weighted by molar-refractivity contribution is 5.93. The number of aliphatic hydroxyl groups is 1. The second-order valence-corrected chi connectivity index (χ2v) is 3.51. The van der Waals surface area contributed by atoms with Gasteiger partial charge in [-0.05, 0) is 13.8 Å². The first-order valence-electron chi connectivity index (χ1n) is 5.50. The molecule has 0 saturated heterocycles. The lowest BCUT2D eigenvalue weighted by Crippen LogP contribution is -2.05. The van der Waals surface area contributed by atoms with Crippen LogP contribution in [0.2, 0.25) is 0 Å². The average Bonchev–Trinajstić information content (AvgIpc) is 2.77. The number of Topliss-reactive ketones (excluding diaryl/α,β-unsaturated/α-hetero) is 1. The quantitative estimate of drug-likeness (QED) is 0.366. The molecule has 8 nitrogen and oxygen atoms in total. The molecule has 0 radical (unpaired) electrons. The number of H-pyrrole nitrogens is 1. The fourth-order valence-electron chi connectivity index (χ4n) is 1.21. The van der Waals surface area contributed by atoms with Gasteiger partial charge in [-0.2, -0.15) is 0 Å². The molecule has 0 atom stereocenters. The number of carbonyl (C=O) groups excluding carboxylic acids is 2. The van der Waals surface area contributed by atoms with Gasteiger partial charge in [0, 0.05) is 6.92 Å². The summed E-state index contributed by atoms with van der Waals surface area (Å²) in [4.78, 5) is 29.0. The van der Waals surface area contributed by atoms with E-state index in [9.17, 15) is 14.7 Å². The van der Waals surface area contributed by atoms with Gasteiger partial charge >= 0.3 is 5.97 Å². The summed E-state index contributed by atoms with van der Waals surface area (Å²) in [7, 11) is 0. The van der Waals surface area contributed by atoms with E-state index in [0.29, 0.717) is 0 Å². The standard InChI is InChI=1S/C11H14N4O4/c1-4-19-11(18)9-10(13-5-12-9)15-14-8(6(2)16)7(3)17/h5,16H,4H2,1-3H3,(H,12,13). The Bertz CT molecular complexity index is 541. The Morgan fingerprint density at radius 1 is 1.47 bits per heavy atom. The van der Waals surface area contributed by atoms with Crippen molar-refractivity contribution in [2.75, 3.05) is 6.61 Å². The number of ketones is 1. The predicted octanol–water partition coefficient (Wildman–Crippen LogP) is 2.05. The fourth-order valence-corrected chi connectivity index (χ4v) is 1.21. The summed E-state index contributed by atoms with van der Waals surface area (Å²) in [6, 6.07) is 0. The molecular formula is C11H14N4O4. The summed E-state index contributed by atoms with van der Waals surface area (Å²) >= 11 is 0. The van der Waals surface area contributed by atoms with Crippen LogP contribution in [0.3, 0.4) is 0 Å². The van der Waals surface area contributed by atoms with Crippen LogP contribution in [0.4, 0.5) is 5.82 Å². The van der Waals surface area contributed by atoms with Crippen LogP contribution in [0.5, 0.6) is 0 Å². The van der Waals surface area contributed by atoms with Crippen LogP contribution in [0.25, 0.3) is 0 Å². The molecule has 1 heterocycles. The molecule has 0 saturated carbocycles. The van der Waals surface area contributed by atoms with Gasteiger partial charge in [0.1, 0.15) is 5.76 Å². The van der Waals surface area contributed by atoms with Gasteiger partial charge in [0.25, 0.3) is 0 Å². The number of carbonyl (C=O) groups is 2. The summed E-state index contributed by atoms with van der Waals surface area (Å²) in [5.74, 6) is -1.34.